The van der Waals surface area contributed by atoms with Crippen LogP contribution in [-0.2, 0) is 9.59 Å². The van der Waals surface area contributed by atoms with E-state index in [4.69, 9.17) is 16.3 Å². The Labute approximate surface area is 169 Å². The SMILES string of the molecule is CCCC(=O)NC(c1ccc(Cl)cc1)c1c(OC(C)=O)ccc2ccccc12. The number of esters is 1. The van der Waals surface area contributed by atoms with Gasteiger partial charge < -0.3 is 10.1 Å². The Balaban J connectivity index is 2.22. The number of hydrogen-bond acceptors (Lipinski definition) is 3. The lowest BCUT2D eigenvalue weighted by Crippen LogP contribution is -2.29. The second-order valence-corrected chi connectivity index (χ2v) is 7.03. The zero-order valence-electron chi connectivity index (χ0n) is 15.9. The van der Waals surface area contributed by atoms with Crippen molar-refractivity contribution in [1.29, 1.82) is 0 Å². The molecule has 1 unspecified atom stereocenters. The quantitative estimate of drug-likeness (QED) is 0.447. The highest BCUT2D eigenvalue weighted by atomic mass is 35.5. The Morgan fingerprint density at radius 3 is 2.43 bits per heavy atom. The summed E-state index contributed by atoms with van der Waals surface area (Å²) in [6.45, 7) is 3.32. The average Bonchev–Trinajstić information content (AvgIpc) is 2.67. The maximum atomic E-state index is 12.5. The van der Waals surface area contributed by atoms with E-state index >= 15 is 0 Å². The molecule has 3 aromatic rings. The van der Waals surface area contributed by atoms with Crippen LogP contribution in [0.1, 0.15) is 43.9 Å². The number of ether oxygens (including phenoxy) is 1. The standard InChI is InChI=1S/C23H22ClNO3/c1-3-6-21(27)25-23(17-9-12-18(24)13-10-17)22-19-8-5-4-7-16(19)11-14-20(22)28-15(2)26/h4-5,7-14,23H,3,6H2,1-2H3,(H,25,27). The molecule has 0 aliphatic carbocycles. The Hall–Kier alpha value is -2.85. The first-order valence-electron chi connectivity index (χ1n) is 9.24. The summed E-state index contributed by atoms with van der Waals surface area (Å²) < 4.78 is 5.50. The molecule has 0 radical (unpaired) electrons. The molecule has 0 aliphatic rings. The summed E-state index contributed by atoms with van der Waals surface area (Å²) >= 11 is 6.06. The third-order valence-electron chi connectivity index (χ3n) is 4.46. The monoisotopic (exact) mass is 395 g/mol. The first-order valence-corrected chi connectivity index (χ1v) is 9.62. The number of halogens is 1. The van der Waals surface area contributed by atoms with Crippen molar-refractivity contribution >= 4 is 34.2 Å². The van der Waals surface area contributed by atoms with Crippen LogP contribution in [-0.4, -0.2) is 11.9 Å². The summed E-state index contributed by atoms with van der Waals surface area (Å²) in [5, 5.41) is 5.63. The van der Waals surface area contributed by atoms with Gasteiger partial charge in [-0.3, -0.25) is 9.59 Å². The van der Waals surface area contributed by atoms with Gasteiger partial charge in [-0.2, -0.15) is 0 Å². The van der Waals surface area contributed by atoms with Gasteiger partial charge >= 0.3 is 5.97 Å². The van der Waals surface area contributed by atoms with E-state index in [2.05, 4.69) is 5.32 Å². The van der Waals surface area contributed by atoms with E-state index < -0.39 is 12.0 Å². The molecule has 3 aromatic carbocycles. The van der Waals surface area contributed by atoms with E-state index in [-0.39, 0.29) is 5.91 Å². The number of amides is 1. The molecule has 0 heterocycles. The van der Waals surface area contributed by atoms with Gasteiger partial charge in [0.15, 0.2) is 0 Å². The number of benzene rings is 3. The van der Waals surface area contributed by atoms with Crippen molar-refractivity contribution in [3.8, 4) is 5.75 Å². The molecule has 0 fully saturated rings. The third kappa shape index (κ3) is 4.52. The second kappa shape index (κ2) is 8.89. The van der Waals surface area contributed by atoms with Crippen LogP contribution < -0.4 is 10.1 Å². The van der Waals surface area contributed by atoms with Crippen LogP contribution in [0.3, 0.4) is 0 Å². The van der Waals surface area contributed by atoms with Gasteiger partial charge in [0.2, 0.25) is 5.91 Å². The van der Waals surface area contributed by atoms with E-state index in [1.54, 1.807) is 18.2 Å². The molecule has 0 saturated heterocycles. The van der Waals surface area contributed by atoms with Crippen molar-refractivity contribution in [3.63, 3.8) is 0 Å². The lowest BCUT2D eigenvalue weighted by molar-refractivity contribution is -0.131. The van der Waals surface area contributed by atoms with E-state index in [0.29, 0.717) is 17.2 Å². The molecule has 28 heavy (non-hydrogen) atoms. The predicted octanol–water partition coefficient (Wildman–Crippen LogP) is 5.42. The van der Waals surface area contributed by atoms with Gasteiger partial charge in [-0.1, -0.05) is 61.0 Å². The van der Waals surface area contributed by atoms with Gasteiger partial charge in [0.05, 0.1) is 6.04 Å². The van der Waals surface area contributed by atoms with Crippen molar-refractivity contribution < 1.29 is 14.3 Å². The molecule has 0 aromatic heterocycles. The molecule has 0 spiro atoms. The fraction of sp³-hybridized carbons (Fsp3) is 0.217. The normalized spacial score (nSPS) is 11.8. The van der Waals surface area contributed by atoms with Crippen molar-refractivity contribution in [1.82, 2.24) is 5.32 Å². The first kappa shape index (κ1) is 19.9. The molecule has 4 nitrogen and oxygen atoms in total. The minimum absolute atomic E-state index is 0.0656. The summed E-state index contributed by atoms with van der Waals surface area (Å²) in [6, 6.07) is 18.3. The minimum Gasteiger partial charge on any atom is -0.426 e. The minimum atomic E-state index is -0.475. The molecule has 0 bridgehead atoms. The molecule has 0 saturated carbocycles. The van der Waals surface area contributed by atoms with E-state index in [1.165, 1.54) is 6.92 Å². The van der Waals surface area contributed by atoms with Crippen LogP contribution >= 0.6 is 11.6 Å². The van der Waals surface area contributed by atoms with Gasteiger partial charge in [0, 0.05) is 23.9 Å². The van der Waals surface area contributed by atoms with Crippen LogP contribution in [0.2, 0.25) is 5.02 Å². The molecule has 1 N–H and O–H groups in total. The number of nitrogens with one attached hydrogen (secondary N) is 1. The molecule has 144 valence electrons. The molecular formula is C23H22ClNO3. The van der Waals surface area contributed by atoms with E-state index in [0.717, 1.165) is 28.3 Å². The smallest absolute Gasteiger partial charge is 0.308 e. The predicted molar refractivity (Wildman–Crippen MR) is 112 cm³/mol. The fourth-order valence-electron chi connectivity index (χ4n) is 3.25. The highest BCUT2D eigenvalue weighted by molar-refractivity contribution is 6.30. The molecule has 5 heteroatoms. The number of fused-ring (bicyclic) bond motifs is 1. The molecule has 1 amide bonds. The zero-order valence-corrected chi connectivity index (χ0v) is 16.6. The molecule has 1 atom stereocenters. The van der Waals surface area contributed by atoms with E-state index in [1.807, 2.05) is 49.4 Å². The third-order valence-corrected chi connectivity index (χ3v) is 4.71. The van der Waals surface area contributed by atoms with Crippen LogP contribution in [0, 0.1) is 0 Å². The number of carbonyl (C=O) groups excluding carboxylic acids is 2. The van der Waals surface area contributed by atoms with Crippen molar-refractivity contribution in [2.45, 2.75) is 32.7 Å². The molecule has 0 aliphatic heterocycles. The maximum absolute atomic E-state index is 12.5. The Kier molecular flexibility index (Phi) is 6.32. The average molecular weight is 396 g/mol. The maximum Gasteiger partial charge on any atom is 0.308 e. The summed E-state index contributed by atoms with van der Waals surface area (Å²) in [4.78, 5) is 24.2. The Morgan fingerprint density at radius 1 is 1.04 bits per heavy atom. The van der Waals surface area contributed by atoms with Crippen LogP contribution in [0.25, 0.3) is 10.8 Å². The number of hydrogen-bond donors (Lipinski definition) is 1. The van der Waals surface area contributed by atoms with Gasteiger partial charge in [-0.25, -0.2) is 0 Å². The molecule has 3 rings (SSSR count). The fourth-order valence-corrected chi connectivity index (χ4v) is 3.38. The number of carbonyl (C=O) groups is 2. The summed E-state index contributed by atoms with van der Waals surface area (Å²) in [7, 11) is 0. The van der Waals surface area contributed by atoms with Gasteiger partial charge in [0.25, 0.3) is 0 Å². The van der Waals surface area contributed by atoms with Crippen molar-refractivity contribution in [2.24, 2.45) is 0 Å². The van der Waals surface area contributed by atoms with Crippen LogP contribution in [0.4, 0.5) is 0 Å². The van der Waals surface area contributed by atoms with Gasteiger partial charge in [-0.15, -0.1) is 0 Å². The van der Waals surface area contributed by atoms with Crippen LogP contribution in [0.15, 0.2) is 60.7 Å². The second-order valence-electron chi connectivity index (χ2n) is 6.59. The van der Waals surface area contributed by atoms with Crippen molar-refractivity contribution in [3.05, 3.63) is 76.8 Å². The van der Waals surface area contributed by atoms with Crippen molar-refractivity contribution in [2.75, 3.05) is 0 Å². The first-order chi connectivity index (χ1) is 13.5. The summed E-state index contributed by atoms with van der Waals surface area (Å²) in [5.74, 6) is -0.0432. The van der Waals surface area contributed by atoms with E-state index in [9.17, 15) is 9.59 Å². The zero-order chi connectivity index (χ0) is 20.1. The molecular weight excluding hydrogens is 374 g/mol. The van der Waals surface area contributed by atoms with Crippen LogP contribution in [0.5, 0.6) is 5.75 Å². The highest BCUT2D eigenvalue weighted by Crippen LogP contribution is 2.37. The lowest BCUT2D eigenvalue weighted by atomic mass is 9.92. The van der Waals surface area contributed by atoms with Gasteiger partial charge in [-0.05, 0) is 41.0 Å². The summed E-state index contributed by atoms with van der Waals surface area (Å²) in [6.07, 6.45) is 1.16. The lowest BCUT2D eigenvalue weighted by Gasteiger charge is -2.24. The summed E-state index contributed by atoms with van der Waals surface area (Å²) in [5.41, 5.74) is 1.61. The Morgan fingerprint density at radius 2 is 1.75 bits per heavy atom. The number of rotatable bonds is 6. The van der Waals surface area contributed by atoms with Gasteiger partial charge in [0.1, 0.15) is 5.75 Å². The largest absolute Gasteiger partial charge is 0.426 e. The Bertz CT molecular complexity index is 998. The topological polar surface area (TPSA) is 55.4 Å². The highest BCUT2D eigenvalue weighted by Gasteiger charge is 2.24.